The summed E-state index contributed by atoms with van der Waals surface area (Å²) in [7, 11) is 0. The maximum absolute atomic E-state index is 10.5. The molecule has 1 rings (SSSR count). The summed E-state index contributed by atoms with van der Waals surface area (Å²) < 4.78 is 0. The first kappa shape index (κ1) is 12.8. The van der Waals surface area contributed by atoms with E-state index >= 15 is 0 Å². The first-order chi connectivity index (χ1) is 7.84. The van der Waals surface area contributed by atoms with Gasteiger partial charge in [0, 0.05) is 12.1 Å². The van der Waals surface area contributed by atoms with E-state index in [-0.39, 0.29) is 5.02 Å². The zero-order valence-corrected chi connectivity index (χ0v) is 8.73. The van der Waals surface area contributed by atoms with Crippen LogP contribution in [0.15, 0.2) is 18.2 Å². The van der Waals surface area contributed by atoms with Gasteiger partial charge < -0.3 is 0 Å². The molecule has 0 atom stereocenters. The predicted molar refractivity (Wildman–Crippen MR) is 54.8 cm³/mol. The number of hydrogen-bond donors (Lipinski definition) is 0. The Hall–Kier alpha value is -2.29. The van der Waals surface area contributed by atoms with Crippen LogP contribution in [0.5, 0.6) is 0 Å². The van der Waals surface area contributed by atoms with Crippen molar-refractivity contribution in [3.8, 4) is 0 Å². The molecule has 0 saturated heterocycles. The number of rotatable bonds is 4. The summed E-state index contributed by atoms with van der Waals surface area (Å²) in [6, 6.07) is 2.73. The van der Waals surface area contributed by atoms with Gasteiger partial charge >= 0.3 is 6.17 Å². The second kappa shape index (κ2) is 4.70. The van der Waals surface area contributed by atoms with Crippen molar-refractivity contribution in [3.05, 3.63) is 59.1 Å². The van der Waals surface area contributed by atoms with Gasteiger partial charge in [-0.15, -0.1) is 0 Å². The van der Waals surface area contributed by atoms with Crippen LogP contribution in [0.1, 0.15) is 11.7 Å². The van der Waals surface area contributed by atoms with Gasteiger partial charge in [0.1, 0.15) is 15.4 Å². The highest BCUT2D eigenvalue weighted by atomic mass is 35.5. The number of nitro benzene ring substituents is 1. The third-order valence-electron chi connectivity index (χ3n) is 1.87. The Morgan fingerprint density at radius 2 is 1.59 bits per heavy atom. The Bertz CT molecular complexity index is 490. The van der Waals surface area contributed by atoms with Crippen molar-refractivity contribution in [3.63, 3.8) is 0 Å². The average molecular weight is 262 g/mol. The van der Waals surface area contributed by atoms with Crippen LogP contribution in [0.3, 0.4) is 0 Å². The van der Waals surface area contributed by atoms with E-state index in [1.165, 1.54) is 0 Å². The van der Waals surface area contributed by atoms with Crippen LogP contribution in [0.25, 0.3) is 0 Å². The van der Waals surface area contributed by atoms with Crippen molar-refractivity contribution >= 4 is 17.3 Å². The lowest BCUT2D eigenvalue weighted by Crippen LogP contribution is -2.20. The molecule has 10 heteroatoms. The predicted octanol–water partition coefficient (Wildman–Crippen LogP) is 1.80. The van der Waals surface area contributed by atoms with E-state index in [1.807, 2.05) is 0 Å². The molecule has 0 saturated carbocycles. The number of non-ortho nitro benzene ring substituents is 1. The third-order valence-corrected chi connectivity index (χ3v) is 2.21. The molecule has 0 radical (unpaired) electrons. The number of nitrogens with zero attached hydrogens (tertiary/aromatic N) is 3. The molecule has 0 aliphatic heterocycles. The van der Waals surface area contributed by atoms with Gasteiger partial charge in [-0.05, 0) is 6.07 Å². The molecule has 0 amide bonds. The minimum atomic E-state index is -2.32. The minimum absolute atomic E-state index is 0.269. The highest BCUT2D eigenvalue weighted by molar-refractivity contribution is 6.31. The third kappa shape index (κ3) is 2.64. The van der Waals surface area contributed by atoms with Gasteiger partial charge in [-0.2, -0.15) is 0 Å². The summed E-state index contributed by atoms with van der Waals surface area (Å²) in [5.41, 5.74) is -1.02. The first-order valence-electron chi connectivity index (χ1n) is 4.05. The standard InChI is InChI=1S/C7H4ClN3O6/c8-6-2-1-4(9(12)13)3-5(6)7(10(14)15)11(16)17/h1-3,7H. The Kier molecular flexibility index (Phi) is 3.53. The molecule has 0 heterocycles. The van der Waals surface area contributed by atoms with Gasteiger partial charge in [0.05, 0.1) is 9.95 Å². The summed E-state index contributed by atoms with van der Waals surface area (Å²) in [6.07, 6.45) is -2.32. The van der Waals surface area contributed by atoms with E-state index in [2.05, 4.69) is 0 Å². The molecule has 0 N–H and O–H groups in total. The monoisotopic (exact) mass is 261 g/mol. The highest BCUT2D eigenvalue weighted by Crippen LogP contribution is 2.29. The van der Waals surface area contributed by atoms with Gasteiger partial charge in [0.15, 0.2) is 0 Å². The fraction of sp³-hybridized carbons (Fsp3) is 0.143. The molecule has 0 spiro atoms. The molecule has 0 aliphatic carbocycles. The fourth-order valence-electron chi connectivity index (χ4n) is 1.15. The lowest BCUT2D eigenvalue weighted by Gasteiger charge is -2.03. The molecular weight excluding hydrogens is 258 g/mol. The zero-order chi connectivity index (χ0) is 13.2. The SMILES string of the molecule is O=[N+]([O-])c1ccc(Cl)c(C([N+](=O)[O-])[N+](=O)[O-])c1. The summed E-state index contributed by atoms with van der Waals surface area (Å²) in [5.74, 6) is 0. The summed E-state index contributed by atoms with van der Waals surface area (Å²) in [6.45, 7) is 0. The van der Waals surface area contributed by atoms with Crippen LogP contribution in [0, 0.1) is 30.3 Å². The van der Waals surface area contributed by atoms with E-state index in [0.717, 1.165) is 18.2 Å². The van der Waals surface area contributed by atoms with Gasteiger partial charge in [-0.3, -0.25) is 30.3 Å². The summed E-state index contributed by atoms with van der Waals surface area (Å²) >= 11 is 5.55. The van der Waals surface area contributed by atoms with Crippen LogP contribution in [-0.2, 0) is 0 Å². The van der Waals surface area contributed by atoms with E-state index < -0.39 is 32.2 Å². The van der Waals surface area contributed by atoms with Crippen LogP contribution in [0.2, 0.25) is 5.02 Å². The zero-order valence-electron chi connectivity index (χ0n) is 7.98. The lowest BCUT2D eigenvalue weighted by atomic mass is 10.1. The maximum Gasteiger partial charge on any atom is 0.478 e. The van der Waals surface area contributed by atoms with Crippen molar-refractivity contribution < 1.29 is 14.8 Å². The molecule has 9 nitrogen and oxygen atoms in total. The maximum atomic E-state index is 10.5. The largest absolute Gasteiger partial charge is 0.478 e. The average Bonchev–Trinajstić information content (AvgIpc) is 2.19. The quantitative estimate of drug-likeness (QED) is 0.461. The van der Waals surface area contributed by atoms with E-state index in [4.69, 9.17) is 11.6 Å². The van der Waals surface area contributed by atoms with Crippen molar-refractivity contribution in [1.82, 2.24) is 0 Å². The Morgan fingerprint density at radius 3 is 2.00 bits per heavy atom. The van der Waals surface area contributed by atoms with Crippen LogP contribution in [-0.4, -0.2) is 14.8 Å². The topological polar surface area (TPSA) is 129 Å². The normalized spacial score (nSPS) is 10.2. The van der Waals surface area contributed by atoms with Crippen molar-refractivity contribution in [2.45, 2.75) is 6.17 Å². The first-order valence-corrected chi connectivity index (χ1v) is 4.43. The van der Waals surface area contributed by atoms with Gasteiger partial charge in [-0.1, -0.05) is 11.6 Å². The number of benzene rings is 1. The molecule has 0 aliphatic rings. The van der Waals surface area contributed by atoms with E-state index in [0.29, 0.717) is 0 Å². The molecule has 1 aromatic carbocycles. The molecule has 17 heavy (non-hydrogen) atoms. The molecule has 0 bridgehead atoms. The van der Waals surface area contributed by atoms with Crippen LogP contribution >= 0.6 is 11.6 Å². The van der Waals surface area contributed by atoms with E-state index in [1.54, 1.807) is 0 Å². The lowest BCUT2D eigenvalue weighted by molar-refractivity contribution is -0.752. The smallest absolute Gasteiger partial charge is 0.258 e. The number of nitro groups is 3. The Balaban J connectivity index is 3.36. The van der Waals surface area contributed by atoms with Gasteiger partial charge in [-0.25, -0.2) is 0 Å². The number of hydrogen-bond acceptors (Lipinski definition) is 6. The molecule has 90 valence electrons. The Labute approximate surface area is 98.1 Å². The van der Waals surface area contributed by atoms with Gasteiger partial charge in [0.2, 0.25) is 0 Å². The second-order valence-electron chi connectivity index (χ2n) is 2.91. The summed E-state index contributed by atoms with van der Waals surface area (Å²) in [4.78, 5) is 28.3. The molecule has 0 unspecified atom stereocenters. The highest BCUT2D eigenvalue weighted by Gasteiger charge is 2.38. The molecule has 1 aromatic rings. The number of halogens is 1. The molecular formula is C7H4ClN3O6. The van der Waals surface area contributed by atoms with Crippen molar-refractivity contribution in [2.75, 3.05) is 0 Å². The summed E-state index contributed by atoms with van der Waals surface area (Å²) in [5, 5.41) is 31.2. The second-order valence-corrected chi connectivity index (χ2v) is 3.31. The fourth-order valence-corrected chi connectivity index (χ4v) is 1.36. The van der Waals surface area contributed by atoms with E-state index in [9.17, 15) is 30.3 Å². The Morgan fingerprint density at radius 1 is 1.06 bits per heavy atom. The van der Waals surface area contributed by atoms with Crippen molar-refractivity contribution in [2.24, 2.45) is 0 Å². The molecule has 0 aromatic heterocycles. The minimum Gasteiger partial charge on any atom is -0.258 e. The van der Waals surface area contributed by atoms with Crippen LogP contribution in [0.4, 0.5) is 5.69 Å². The molecule has 0 fully saturated rings. The van der Waals surface area contributed by atoms with Gasteiger partial charge in [0.25, 0.3) is 5.69 Å². The van der Waals surface area contributed by atoms with Crippen LogP contribution < -0.4 is 0 Å². The van der Waals surface area contributed by atoms with Crippen molar-refractivity contribution in [1.29, 1.82) is 0 Å².